The van der Waals surface area contributed by atoms with Crippen LogP contribution in [-0.4, -0.2) is 26.2 Å². The third kappa shape index (κ3) is 8.95. The van der Waals surface area contributed by atoms with Gasteiger partial charge in [0.2, 0.25) is 5.91 Å². The molecule has 0 saturated heterocycles. The Morgan fingerprint density at radius 2 is 2.05 bits per heavy atom. The Bertz CT molecular complexity index is 505. The maximum Gasteiger partial charge on any atom is 0.224 e. The highest BCUT2D eigenvalue weighted by Crippen LogP contribution is 2.14. The Morgan fingerprint density at radius 1 is 1.36 bits per heavy atom. The third-order valence-corrected chi connectivity index (χ3v) is 2.97. The number of carbonyl (C=O) groups is 1. The first-order valence-electron chi connectivity index (χ1n) is 7.61. The highest BCUT2D eigenvalue weighted by atomic mass is 16.1. The van der Waals surface area contributed by atoms with E-state index in [-0.39, 0.29) is 5.91 Å². The normalized spacial score (nSPS) is 10.8. The van der Waals surface area contributed by atoms with Crippen molar-refractivity contribution < 1.29 is 4.79 Å². The molecule has 122 valence electrons. The summed E-state index contributed by atoms with van der Waals surface area (Å²) in [5.74, 6) is 0.651. The van der Waals surface area contributed by atoms with E-state index in [4.69, 9.17) is 5.73 Å². The molecule has 4 heteroatoms. The lowest BCUT2D eigenvalue weighted by Crippen LogP contribution is -2.20. The van der Waals surface area contributed by atoms with E-state index in [2.05, 4.69) is 37.2 Å². The Morgan fingerprint density at radius 3 is 2.55 bits per heavy atom. The van der Waals surface area contributed by atoms with Crippen LogP contribution in [-0.2, 0) is 17.6 Å². The average molecular weight is 303 g/mol. The molecule has 0 saturated carbocycles. The molecular weight excluding hydrogens is 274 g/mol. The van der Waals surface area contributed by atoms with Gasteiger partial charge in [-0.1, -0.05) is 32.9 Å². The first-order chi connectivity index (χ1) is 10.4. The molecule has 22 heavy (non-hydrogen) atoms. The van der Waals surface area contributed by atoms with E-state index in [1.807, 2.05) is 24.3 Å². The zero-order valence-electron chi connectivity index (χ0n) is 14.4. The maximum absolute atomic E-state index is 11.2. The van der Waals surface area contributed by atoms with Crippen molar-refractivity contribution in [1.82, 2.24) is 5.32 Å². The number of hydrogen-bond donors (Lipinski definition) is 2. The number of nitrogens with two attached hydrogens (primary N) is 1. The second kappa shape index (κ2) is 11.5. The molecule has 0 aliphatic rings. The average Bonchev–Trinajstić information content (AvgIpc) is 2.48. The molecular formula is C18H29N3O. The summed E-state index contributed by atoms with van der Waals surface area (Å²) < 4.78 is 0. The second-order valence-corrected chi connectivity index (χ2v) is 5.27. The number of anilines is 1. The topological polar surface area (TPSA) is 67.5 Å². The molecule has 0 aliphatic heterocycles. The number of nitrogen functional groups attached to an aromatic ring is 1. The molecule has 1 rings (SSSR count). The highest BCUT2D eigenvalue weighted by Gasteiger charge is 2.05. The number of allylic oxidation sites excluding steroid dienone is 2. The molecule has 0 aliphatic carbocycles. The Hall–Kier alpha value is -2.10. The summed E-state index contributed by atoms with van der Waals surface area (Å²) in [6.07, 6.45) is 7.19. The van der Waals surface area contributed by atoms with E-state index in [1.165, 1.54) is 5.56 Å². The van der Waals surface area contributed by atoms with Gasteiger partial charge in [0.05, 0.1) is 6.42 Å². The summed E-state index contributed by atoms with van der Waals surface area (Å²) in [5.41, 5.74) is 8.58. The lowest BCUT2D eigenvalue weighted by atomic mass is 10.0. The van der Waals surface area contributed by atoms with Gasteiger partial charge in [-0.05, 0) is 41.7 Å². The minimum atomic E-state index is 0.0188. The van der Waals surface area contributed by atoms with Crippen LogP contribution >= 0.6 is 0 Å². The third-order valence-electron chi connectivity index (χ3n) is 2.97. The molecule has 0 aromatic heterocycles. The zero-order valence-corrected chi connectivity index (χ0v) is 14.4. The van der Waals surface area contributed by atoms with Crippen molar-refractivity contribution in [2.24, 2.45) is 10.9 Å². The van der Waals surface area contributed by atoms with Crippen LogP contribution in [0.2, 0.25) is 0 Å². The van der Waals surface area contributed by atoms with Gasteiger partial charge >= 0.3 is 0 Å². The summed E-state index contributed by atoms with van der Waals surface area (Å²) in [5, 5.41) is 2.60. The van der Waals surface area contributed by atoms with Crippen LogP contribution in [0.5, 0.6) is 0 Å². The van der Waals surface area contributed by atoms with Gasteiger partial charge in [0, 0.05) is 26.0 Å². The Kier molecular flexibility index (Phi) is 10.4. The van der Waals surface area contributed by atoms with E-state index >= 15 is 0 Å². The number of amides is 1. The van der Waals surface area contributed by atoms with Gasteiger partial charge in [0.1, 0.15) is 0 Å². The van der Waals surface area contributed by atoms with E-state index in [0.717, 1.165) is 12.0 Å². The summed E-state index contributed by atoms with van der Waals surface area (Å²) in [7, 11) is 3.41. The van der Waals surface area contributed by atoms with Gasteiger partial charge in [-0.25, -0.2) is 0 Å². The number of carbonyl (C=O) groups excluding carboxylic acids is 1. The molecule has 0 atom stereocenters. The quantitative estimate of drug-likeness (QED) is 0.648. The highest BCUT2D eigenvalue weighted by molar-refractivity contribution is 5.79. The van der Waals surface area contributed by atoms with Crippen LogP contribution in [0, 0.1) is 5.92 Å². The predicted molar refractivity (Wildman–Crippen MR) is 96.4 cm³/mol. The fraction of sp³-hybridized carbons (Fsp3) is 0.444. The maximum atomic E-state index is 11.2. The molecule has 0 bridgehead atoms. The van der Waals surface area contributed by atoms with Crippen molar-refractivity contribution in [3.8, 4) is 0 Å². The van der Waals surface area contributed by atoms with E-state index < -0.39 is 0 Å². The zero-order chi connectivity index (χ0) is 17.0. The lowest BCUT2D eigenvalue weighted by molar-refractivity contribution is -0.119. The Balaban J connectivity index is 0.000000472. The van der Waals surface area contributed by atoms with Gasteiger partial charge < -0.3 is 11.1 Å². The van der Waals surface area contributed by atoms with E-state index in [0.29, 0.717) is 18.0 Å². The van der Waals surface area contributed by atoms with E-state index in [1.54, 1.807) is 20.3 Å². The van der Waals surface area contributed by atoms with E-state index in [9.17, 15) is 4.79 Å². The summed E-state index contributed by atoms with van der Waals surface area (Å²) in [4.78, 5) is 15.0. The van der Waals surface area contributed by atoms with Gasteiger partial charge in [0.15, 0.2) is 0 Å². The largest absolute Gasteiger partial charge is 0.399 e. The first-order valence-corrected chi connectivity index (χ1v) is 7.61. The SMILES string of the molecule is CCc1ccc(N)cc1CC(=O)NC.CN=C/C=C\C(C)C. The number of nitrogens with zero attached hydrogens (tertiary/aromatic N) is 1. The van der Waals surface area contributed by atoms with Crippen molar-refractivity contribution in [2.75, 3.05) is 19.8 Å². The van der Waals surface area contributed by atoms with Crippen LogP contribution < -0.4 is 11.1 Å². The fourth-order valence-electron chi connectivity index (χ4n) is 1.77. The monoisotopic (exact) mass is 303 g/mol. The van der Waals surface area contributed by atoms with Crippen LogP contribution in [0.3, 0.4) is 0 Å². The van der Waals surface area contributed by atoms with Gasteiger partial charge in [0.25, 0.3) is 0 Å². The molecule has 1 aromatic rings. The van der Waals surface area contributed by atoms with Crippen LogP contribution in [0.4, 0.5) is 5.69 Å². The van der Waals surface area contributed by atoms with Crippen molar-refractivity contribution in [3.05, 3.63) is 41.5 Å². The van der Waals surface area contributed by atoms with Crippen LogP contribution in [0.25, 0.3) is 0 Å². The van der Waals surface area contributed by atoms with Crippen LogP contribution in [0.1, 0.15) is 31.9 Å². The molecule has 0 unspecified atom stereocenters. The predicted octanol–water partition coefficient (Wildman–Crippen LogP) is 3.02. The van der Waals surface area contributed by atoms with Gasteiger partial charge in [-0.2, -0.15) is 0 Å². The van der Waals surface area contributed by atoms with Crippen molar-refractivity contribution in [3.63, 3.8) is 0 Å². The summed E-state index contributed by atoms with van der Waals surface area (Å²) in [6.45, 7) is 6.35. The minimum absolute atomic E-state index is 0.0188. The molecule has 0 radical (unpaired) electrons. The summed E-state index contributed by atoms with van der Waals surface area (Å²) in [6, 6.07) is 5.72. The molecule has 0 spiro atoms. The number of nitrogens with one attached hydrogen (secondary N) is 1. The van der Waals surface area contributed by atoms with Crippen LogP contribution in [0.15, 0.2) is 35.3 Å². The van der Waals surface area contributed by atoms with Gasteiger partial charge in [-0.15, -0.1) is 0 Å². The Labute approximate surface area is 134 Å². The first kappa shape index (κ1) is 19.9. The molecule has 1 amide bonds. The fourth-order valence-corrected chi connectivity index (χ4v) is 1.77. The molecule has 1 aromatic carbocycles. The lowest BCUT2D eigenvalue weighted by Gasteiger charge is -2.07. The minimum Gasteiger partial charge on any atom is -0.399 e. The van der Waals surface area contributed by atoms with Crippen molar-refractivity contribution >= 4 is 17.8 Å². The van der Waals surface area contributed by atoms with Crippen molar-refractivity contribution in [1.29, 1.82) is 0 Å². The number of likely N-dealkylation sites (N-methyl/N-ethyl adjacent to an activating group) is 1. The smallest absolute Gasteiger partial charge is 0.224 e. The standard InChI is InChI=1S/C11H16N2O.C7H13N/c1-3-8-4-5-10(12)6-9(8)7-11(14)13-2;1-7(2)5-4-6-8-3/h4-6H,3,7,12H2,1-2H3,(H,13,14);4-7H,1-3H3/b;5-4-,8-6?. The van der Waals surface area contributed by atoms with Gasteiger partial charge in [-0.3, -0.25) is 9.79 Å². The molecule has 4 nitrogen and oxygen atoms in total. The number of aliphatic imine (C=N–C) groups is 1. The number of benzene rings is 1. The number of hydrogen-bond acceptors (Lipinski definition) is 3. The second-order valence-electron chi connectivity index (χ2n) is 5.27. The van der Waals surface area contributed by atoms with Crippen molar-refractivity contribution in [2.45, 2.75) is 33.6 Å². The molecule has 0 fully saturated rings. The number of aryl methyl sites for hydroxylation is 1. The number of rotatable bonds is 5. The summed E-state index contributed by atoms with van der Waals surface area (Å²) >= 11 is 0. The molecule has 0 heterocycles. The molecule has 3 N–H and O–H groups in total.